The van der Waals surface area contributed by atoms with Crippen molar-refractivity contribution in [2.45, 2.75) is 6.04 Å². The van der Waals surface area contributed by atoms with Crippen molar-refractivity contribution in [2.24, 2.45) is 5.73 Å². The lowest BCUT2D eigenvalue weighted by Gasteiger charge is -2.08. The molecule has 0 aromatic heterocycles. The molecule has 0 aliphatic rings. The average Bonchev–Trinajstić information content (AvgIpc) is 2.32. The molecule has 98 valence electrons. The van der Waals surface area contributed by atoms with Gasteiger partial charge in [-0.3, -0.25) is 9.59 Å². The van der Waals surface area contributed by atoms with Crippen molar-refractivity contribution in [3.63, 3.8) is 0 Å². The molecule has 0 saturated carbocycles. The highest BCUT2D eigenvalue weighted by molar-refractivity contribution is 9.10. The Morgan fingerprint density at radius 2 is 2.11 bits per heavy atom. The summed E-state index contributed by atoms with van der Waals surface area (Å²) >= 11 is 4.51. The van der Waals surface area contributed by atoms with Gasteiger partial charge in [-0.15, -0.1) is 11.8 Å². The standard InChI is InChI=1S/C11H13BrN2O3S/c12-7-3-1-2-4-9(7)14-10(15)6-18-5-8(13)11(16)17/h1-4,8H,5-6,13H2,(H,14,15)(H,16,17)/t8-/m1/s1. The Kier molecular flexibility index (Phi) is 6.17. The number of carbonyl (C=O) groups excluding carboxylic acids is 1. The predicted octanol–water partition coefficient (Wildman–Crippen LogP) is 1.53. The zero-order chi connectivity index (χ0) is 13.5. The van der Waals surface area contributed by atoms with Gasteiger partial charge < -0.3 is 16.2 Å². The lowest BCUT2D eigenvalue weighted by atomic mass is 10.3. The predicted molar refractivity (Wildman–Crippen MR) is 75.7 cm³/mol. The van der Waals surface area contributed by atoms with Crippen molar-refractivity contribution in [1.82, 2.24) is 0 Å². The summed E-state index contributed by atoms with van der Waals surface area (Å²) in [5.74, 6) is -0.876. The first-order chi connectivity index (χ1) is 8.50. The summed E-state index contributed by atoms with van der Waals surface area (Å²) in [6.45, 7) is 0. The summed E-state index contributed by atoms with van der Waals surface area (Å²) in [6.07, 6.45) is 0. The number of nitrogens with two attached hydrogens (primary N) is 1. The van der Waals surface area contributed by atoms with Crippen LogP contribution in [0, 0.1) is 0 Å². The quantitative estimate of drug-likeness (QED) is 0.734. The van der Waals surface area contributed by atoms with Gasteiger partial charge in [0.1, 0.15) is 6.04 Å². The van der Waals surface area contributed by atoms with Crippen LogP contribution in [-0.4, -0.2) is 34.5 Å². The molecule has 0 radical (unpaired) electrons. The number of aliphatic carboxylic acids is 1. The first-order valence-corrected chi connectivity index (χ1v) is 7.06. The van der Waals surface area contributed by atoms with E-state index in [-0.39, 0.29) is 17.4 Å². The summed E-state index contributed by atoms with van der Waals surface area (Å²) in [7, 11) is 0. The van der Waals surface area contributed by atoms with Gasteiger partial charge in [0, 0.05) is 10.2 Å². The van der Waals surface area contributed by atoms with Gasteiger partial charge in [0.2, 0.25) is 5.91 Å². The molecule has 1 atom stereocenters. The van der Waals surface area contributed by atoms with Crippen LogP contribution in [0.2, 0.25) is 0 Å². The SMILES string of the molecule is N[C@H](CSCC(=O)Nc1ccccc1Br)C(=O)O. The first kappa shape index (κ1) is 15.0. The molecule has 0 spiro atoms. The molecule has 1 aromatic rings. The summed E-state index contributed by atoms with van der Waals surface area (Å²) in [6, 6.07) is 6.32. The van der Waals surface area contributed by atoms with Gasteiger partial charge in [-0.05, 0) is 28.1 Å². The monoisotopic (exact) mass is 332 g/mol. The van der Waals surface area contributed by atoms with Crippen LogP contribution in [0.3, 0.4) is 0 Å². The Bertz CT molecular complexity index is 442. The number of halogens is 1. The molecule has 18 heavy (non-hydrogen) atoms. The molecule has 1 amide bonds. The minimum Gasteiger partial charge on any atom is -0.480 e. The van der Waals surface area contributed by atoms with E-state index in [0.717, 1.165) is 4.47 Å². The maximum absolute atomic E-state index is 11.6. The molecular weight excluding hydrogens is 320 g/mol. The van der Waals surface area contributed by atoms with Crippen LogP contribution in [0.25, 0.3) is 0 Å². The zero-order valence-electron chi connectivity index (χ0n) is 9.43. The fourth-order valence-corrected chi connectivity index (χ4v) is 2.25. The van der Waals surface area contributed by atoms with E-state index in [4.69, 9.17) is 10.8 Å². The Hall–Kier alpha value is -1.05. The van der Waals surface area contributed by atoms with Crippen LogP contribution in [0.5, 0.6) is 0 Å². The number of carboxylic acid groups (broad SMARTS) is 1. The van der Waals surface area contributed by atoms with Crippen molar-refractivity contribution in [3.8, 4) is 0 Å². The zero-order valence-corrected chi connectivity index (χ0v) is 11.8. The second-order valence-corrected chi connectivity index (χ2v) is 5.37. The summed E-state index contributed by atoms with van der Waals surface area (Å²) < 4.78 is 0.797. The number of hydrogen-bond acceptors (Lipinski definition) is 4. The smallest absolute Gasteiger partial charge is 0.321 e. The number of para-hydroxylation sites is 1. The highest BCUT2D eigenvalue weighted by atomic mass is 79.9. The normalized spacial score (nSPS) is 11.9. The number of nitrogens with one attached hydrogen (secondary N) is 1. The lowest BCUT2D eigenvalue weighted by Crippen LogP contribution is -2.33. The first-order valence-electron chi connectivity index (χ1n) is 5.11. The third-order valence-corrected chi connectivity index (χ3v) is 3.75. The molecule has 0 aliphatic carbocycles. The van der Waals surface area contributed by atoms with Crippen molar-refractivity contribution in [1.29, 1.82) is 0 Å². The third-order valence-electron chi connectivity index (χ3n) is 2.00. The van der Waals surface area contributed by atoms with Crippen molar-refractivity contribution in [3.05, 3.63) is 28.7 Å². The molecular formula is C11H13BrN2O3S. The number of hydrogen-bond donors (Lipinski definition) is 3. The molecule has 0 fully saturated rings. The topological polar surface area (TPSA) is 92.4 Å². The minimum atomic E-state index is -1.06. The van der Waals surface area contributed by atoms with E-state index in [1.54, 1.807) is 6.07 Å². The molecule has 0 unspecified atom stereocenters. The van der Waals surface area contributed by atoms with Crippen molar-refractivity contribution in [2.75, 3.05) is 16.8 Å². The Balaban J connectivity index is 2.35. The molecule has 0 saturated heterocycles. The molecule has 1 rings (SSSR count). The number of carbonyl (C=O) groups is 2. The van der Waals surface area contributed by atoms with E-state index in [9.17, 15) is 9.59 Å². The fourth-order valence-electron chi connectivity index (χ4n) is 1.10. The van der Waals surface area contributed by atoms with Gasteiger partial charge in [0.05, 0.1) is 11.4 Å². The second-order valence-electron chi connectivity index (χ2n) is 3.49. The second kappa shape index (κ2) is 7.40. The summed E-state index contributed by atoms with van der Waals surface area (Å²) in [4.78, 5) is 22.0. The van der Waals surface area contributed by atoms with E-state index in [1.165, 1.54) is 11.8 Å². The molecule has 5 nitrogen and oxygen atoms in total. The van der Waals surface area contributed by atoms with Crippen LogP contribution in [-0.2, 0) is 9.59 Å². The van der Waals surface area contributed by atoms with Gasteiger partial charge in [-0.25, -0.2) is 0 Å². The average molecular weight is 333 g/mol. The largest absolute Gasteiger partial charge is 0.480 e. The minimum absolute atomic E-state index is 0.169. The third kappa shape index (κ3) is 5.07. The molecule has 1 aromatic carbocycles. The summed E-state index contributed by atoms with van der Waals surface area (Å²) in [5.41, 5.74) is 6.01. The lowest BCUT2D eigenvalue weighted by molar-refractivity contribution is -0.137. The highest BCUT2D eigenvalue weighted by Gasteiger charge is 2.12. The maximum Gasteiger partial charge on any atom is 0.321 e. The Labute approximate surface area is 117 Å². The van der Waals surface area contributed by atoms with Crippen LogP contribution in [0.15, 0.2) is 28.7 Å². The molecule has 0 bridgehead atoms. The molecule has 0 aliphatic heterocycles. The van der Waals surface area contributed by atoms with Crippen LogP contribution >= 0.6 is 27.7 Å². The van der Waals surface area contributed by atoms with E-state index in [1.807, 2.05) is 18.2 Å². The Morgan fingerprint density at radius 3 is 2.72 bits per heavy atom. The molecule has 0 heterocycles. The number of amides is 1. The van der Waals surface area contributed by atoms with Crippen molar-refractivity contribution >= 4 is 45.3 Å². The van der Waals surface area contributed by atoms with E-state index < -0.39 is 12.0 Å². The van der Waals surface area contributed by atoms with E-state index in [0.29, 0.717) is 5.69 Å². The maximum atomic E-state index is 11.6. The number of benzene rings is 1. The summed E-state index contributed by atoms with van der Waals surface area (Å²) in [5, 5.41) is 11.3. The van der Waals surface area contributed by atoms with Gasteiger partial charge >= 0.3 is 5.97 Å². The molecule has 7 heteroatoms. The van der Waals surface area contributed by atoms with Crippen LogP contribution in [0.1, 0.15) is 0 Å². The Morgan fingerprint density at radius 1 is 1.44 bits per heavy atom. The van der Waals surface area contributed by atoms with Gasteiger partial charge in [-0.2, -0.15) is 0 Å². The van der Waals surface area contributed by atoms with Gasteiger partial charge in [-0.1, -0.05) is 12.1 Å². The van der Waals surface area contributed by atoms with E-state index in [2.05, 4.69) is 21.2 Å². The van der Waals surface area contributed by atoms with Gasteiger partial charge in [0.25, 0.3) is 0 Å². The number of carboxylic acids is 1. The van der Waals surface area contributed by atoms with Gasteiger partial charge in [0.15, 0.2) is 0 Å². The number of anilines is 1. The van der Waals surface area contributed by atoms with Crippen LogP contribution in [0.4, 0.5) is 5.69 Å². The highest BCUT2D eigenvalue weighted by Crippen LogP contribution is 2.21. The van der Waals surface area contributed by atoms with E-state index >= 15 is 0 Å². The van der Waals surface area contributed by atoms with Crippen molar-refractivity contribution < 1.29 is 14.7 Å². The fraction of sp³-hybridized carbons (Fsp3) is 0.273. The number of rotatable bonds is 6. The van der Waals surface area contributed by atoms with Crippen LogP contribution < -0.4 is 11.1 Å². The number of thioether (sulfide) groups is 1. The molecule has 4 N–H and O–H groups in total.